The summed E-state index contributed by atoms with van der Waals surface area (Å²) in [6.07, 6.45) is 1.76. The fraction of sp³-hybridized carbons (Fsp3) is 0.154. The molecular formula is C13H13BrN2O. The van der Waals surface area contributed by atoms with Gasteiger partial charge in [0.1, 0.15) is 0 Å². The topological polar surface area (TPSA) is 48.0 Å². The van der Waals surface area contributed by atoms with Crippen LogP contribution in [-0.2, 0) is 6.54 Å². The van der Waals surface area contributed by atoms with Crippen molar-refractivity contribution in [1.29, 1.82) is 0 Å². The molecule has 4 heteroatoms. The Morgan fingerprint density at radius 2 is 1.94 bits per heavy atom. The first kappa shape index (κ1) is 12.1. The highest BCUT2D eigenvalue weighted by atomic mass is 79.9. The van der Waals surface area contributed by atoms with E-state index in [0.717, 1.165) is 15.7 Å². The molecule has 2 N–H and O–H groups in total. The molecule has 0 bridgehead atoms. The molecule has 0 unspecified atom stereocenters. The maximum atomic E-state index is 12.1. The summed E-state index contributed by atoms with van der Waals surface area (Å²) in [6.45, 7) is 2.25. The second kappa shape index (κ2) is 4.85. The van der Waals surface area contributed by atoms with Crippen molar-refractivity contribution >= 4 is 15.9 Å². The highest BCUT2D eigenvalue weighted by Crippen LogP contribution is 2.13. The van der Waals surface area contributed by atoms with Gasteiger partial charge in [0, 0.05) is 28.5 Å². The molecule has 0 fully saturated rings. The van der Waals surface area contributed by atoms with Crippen molar-refractivity contribution in [1.82, 2.24) is 4.57 Å². The molecule has 3 nitrogen and oxygen atoms in total. The zero-order chi connectivity index (χ0) is 12.4. The highest BCUT2D eigenvalue weighted by molar-refractivity contribution is 9.10. The molecule has 0 radical (unpaired) electrons. The van der Waals surface area contributed by atoms with Crippen LogP contribution in [0.1, 0.15) is 11.1 Å². The molecule has 2 aromatic rings. The normalized spacial score (nSPS) is 10.5. The number of hydrogen-bond acceptors (Lipinski definition) is 2. The van der Waals surface area contributed by atoms with Crippen LogP contribution in [0.5, 0.6) is 0 Å². The average molecular weight is 293 g/mol. The molecule has 0 spiro atoms. The molecule has 0 aliphatic heterocycles. The van der Waals surface area contributed by atoms with Crippen molar-refractivity contribution in [2.24, 2.45) is 5.73 Å². The minimum absolute atomic E-state index is 0.0699. The molecule has 1 aromatic carbocycles. The maximum absolute atomic E-state index is 12.1. The third-order valence-electron chi connectivity index (χ3n) is 2.59. The Kier molecular flexibility index (Phi) is 3.45. The van der Waals surface area contributed by atoms with Crippen LogP contribution < -0.4 is 11.3 Å². The molecule has 0 atom stereocenters. The summed E-state index contributed by atoms with van der Waals surface area (Å²) < 4.78 is 2.45. The van der Waals surface area contributed by atoms with Gasteiger partial charge in [-0.15, -0.1) is 0 Å². The molecule has 2 rings (SSSR count). The lowest BCUT2D eigenvalue weighted by molar-refractivity contribution is 0.918. The Balaban J connectivity index is 2.63. The number of halogens is 1. The molecule has 0 aliphatic carbocycles. The summed E-state index contributed by atoms with van der Waals surface area (Å²) >= 11 is 3.38. The Hall–Kier alpha value is -1.39. The van der Waals surface area contributed by atoms with Crippen LogP contribution in [0.4, 0.5) is 0 Å². The quantitative estimate of drug-likeness (QED) is 0.924. The first-order valence-electron chi connectivity index (χ1n) is 5.30. The molecule has 0 aliphatic rings. The van der Waals surface area contributed by atoms with Crippen molar-refractivity contribution in [3.63, 3.8) is 0 Å². The Morgan fingerprint density at radius 3 is 2.53 bits per heavy atom. The van der Waals surface area contributed by atoms with Gasteiger partial charge in [-0.3, -0.25) is 9.36 Å². The van der Waals surface area contributed by atoms with E-state index in [0.29, 0.717) is 5.56 Å². The van der Waals surface area contributed by atoms with E-state index < -0.39 is 0 Å². The maximum Gasteiger partial charge on any atom is 0.259 e. The first-order valence-corrected chi connectivity index (χ1v) is 6.09. The van der Waals surface area contributed by atoms with Gasteiger partial charge in [0.15, 0.2) is 0 Å². The molecule has 17 heavy (non-hydrogen) atoms. The average Bonchev–Trinajstić information content (AvgIpc) is 2.33. The number of rotatable bonds is 2. The van der Waals surface area contributed by atoms with Crippen LogP contribution in [0.15, 0.2) is 45.8 Å². The zero-order valence-electron chi connectivity index (χ0n) is 9.48. The largest absolute Gasteiger partial charge is 0.326 e. The number of nitrogens with zero attached hydrogens (tertiary/aromatic N) is 1. The minimum Gasteiger partial charge on any atom is -0.326 e. The minimum atomic E-state index is -0.0699. The third kappa shape index (κ3) is 2.48. The van der Waals surface area contributed by atoms with Crippen molar-refractivity contribution < 1.29 is 0 Å². The van der Waals surface area contributed by atoms with E-state index >= 15 is 0 Å². The Bertz CT molecular complexity index is 587. The third-order valence-corrected chi connectivity index (χ3v) is 3.02. The summed E-state index contributed by atoms with van der Waals surface area (Å²) in [6, 6.07) is 9.55. The molecule has 0 amide bonds. The van der Waals surface area contributed by atoms with Gasteiger partial charge in [-0.25, -0.2) is 0 Å². The van der Waals surface area contributed by atoms with Gasteiger partial charge in [0.05, 0.1) is 0 Å². The van der Waals surface area contributed by atoms with Gasteiger partial charge < -0.3 is 5.73 Å². The summed E-state index contributed by atoms with van der Waals surface area (Å²) in [5.41, 5.74) is 8.09. The van der Waals surface area contributed by atoms with Crippen LogP contribution in [0.25, 0.3) is 5.69 Å². The lowest BCUT2D eigenvalue weighted by Gasteiger charge is -2.08. The zero-order valence-corrected chi connectivity index (χ0v) is 11.1. The molecule has 1 heterocycles. The lowest BCUT2D eigenvalue weighted by atomic mass is 10.2. The van der Waals surface area contributed by atoms with E-state index in [2.05, 4.69) is 15.9 Å². The van der Waals surface area contributed by atoms with E-state index in [1.54, 1.807) is 16.8 Å². The first-order chi connectivity index (χ1) is 8.11. The smallest absolute Gasteiger partial charge is 0.259 e. The van der Waals surface area contributed by atoms with Gasteiger partial charge >= 0.3 is 0 Å². The highest BCUT2D eigenvalue weighted by Gasteiger charge is 2.05. The summed E-state index contributed by atoms with van der Waals surface area (Å²) in [4.78, 5) is 12.1. The predicted octanol–water partition coefficient (Wildman–Crippen LogP) is 2.37. The number of benzene rings is 1. The van der Waals surface area contributed by atoms with Gasteiger partial charge in [0.25, 0.3) is 5.56 Å². The summed E-state index contributed by atoms with van der Waals surface area (Å²) in [7, 11) is 0. The fourth-order valence-electron chi connectivity index (χ4n) is 1.65. The molecule has 0 saturated heterocycles. The van der Waals surface area contributed by atoms with Crippen LogP contribution in [0.2, 0.25) is 0 Å². The molecule has 1 aromatic heterocycles. The van der Waals surface area contributed by atoms with Crippen LogP contribution >= 0.6 is 15.9 Å². The standard InChI is InChI=1S/C13H13BrN2O/c1-9-2-4-12(5-3-9)16-8-11(14)6-10(7-15)13(16)17/h2-6,8H,7,15H2,1H3. The monoisotopic (exact) mass is 292 g/mol. The van der Waals surface area contributed by atoms with E-state index in [4.69, 9.17) is 5.73 Å². The van der Waals surface area contributed by atoms with Crippen LogP contribution in [-0.4, -0.2) is 4.57 Å². The van der Waals surface area contributed by atoms with Crippen molar-refractivity contribution in [3.05, 3.63) is 62.5 Å². The molecular weight excluding hydrogens is 280 g/mol. The number of aromatic nitrogens is 1. The van der Waals surface area contributed by atoms with E-state index in [9.17, 15) is 4.79 Å². The summed E-state index contributed by atoms with van der Waals surface area (Å²) in [5, 5.41) is 0. The van der Waals surface area contributed by atoms with Crippen molar-refractivity contribution in [3.8, 4) is 5.69 Å². The number of hydrogen-bond donors (Lipinski definition) is 1. The number of nitrogens with two attached hydrogens (primary N) is 1. The lowest BCUT2D eigenvalue weighted by Crippen LogP contribution is -2.23. The van der Waals surface area contributed by atoms with E-state index in [1.165, 1.54) is 0 Å². The SMILES string of the molecule is Cc1ccc(-n2cc(Br)cc(CN)c2=O)cc1. The van der Waals surface area contributed by atoms with E-state index in [1.807, 2.05) is 31.2 Å². The molecule has 0 saturated carbocycles. The number of pyridine rings is 1. The van der Waals surface area contributed by atoms with Crippen molar-refractivity contribution in [2.45, 2.75) is 13.5 Å². The Morgan fingerprint density at radius 1 is 1.29 bits per heavy atom. The summed E-state index contributed by atoms with van der Waals surface area (Å²) in [5.74, 6) is 0. The second-order valence-electron chi connectivity index (χ2n) is 3.90. The van der Waals surface area contributed by atoms with Crippen LogP contribution in [0, 0.1) is 6.92 Å². The van der Waals surface area contributed by atoms with Gasteiger partial charge in [0.2, 0.25) is 0 Å². The fourth-order valence-corrected chi connectivity index (χ4v) is 2.13. The van der Waals surface area contributed by atoms with Crippen LogP contribution in [0.3, 0.4) is 0 Å². The number of aryl methyl sites for hydroxylation is 1. The van der Waals surface area contributed by atoms with Gasteiger partial charge in [-0.1, -0.05) is 17.7 Å². The van der Waals surface area contributed by atoms with Gasteiger partial charge in [-0.05, 0) is 41.1 Å². The van der Waals surface area contributed by atoms with E-state index in [-0.39, 0.29) is 12.1 Å². The van der Waals surface area contributed by atoms with Gasteiger partial charge in [-0.2, -0.15) is 0 Å². The predicted molar refractivity (Wildman–Crippen MR) is 72.4 cm³/mol. The van der Waals surface area contributed by atoms with Crippen molar-refractivity contribution in [2.75, 3.05) is 0 Å². The molecule has 88 valence electrons. The second-order valence-corrected chi connectivity index (χ2v) is 4.81. The Labute approximate surface area is 108 Å².